The van der Waals surface area contributed by atoms with E-state index in [0.717, 1.165) is 23.4 Å². The van der Waals surface area contributed by atoms with Crippen LogP contribution in [0.1, 0.15) is 31.7 Å². The van der Waals surface area contributed by atoms with Crippen molar-refractivity contribution in [1.29, 1.82) is 0 Å². The predicted octanol–water partition coefficient (Wildman–Crippen LogP) is 4.16. The van der Waals surface area contributed by atoms with Gasteiger partial charge in [0.15, 0.2) is 11.0 Å². The Hall–Kier alpha value is -2.80. The summed E-state index contributed by atoms with van der Waals surface area (Å²) in [6.45, 7) is 6.87. The van der Waals surface area contributed by atoms with Gasteiger partial charge in [-0.2, -0.15) is 0 Å². The summed E-state index contributed by atoms with van der Waals surface area (Å²) in [4.78, 5) is 12.3. The number of aryl methyl sites for hydroxylation is 1. The summed E-state index contributed by atoms with van der Waals surface area (Å²) in [6, 6.07) is 17.8. The van der Waals surface area contributed by atoms with Gasteiger partial charge in [0, 0.05) is 12.2 Å². The van der Waals surface area contributed by atoms with Crippen molar-refractivity contribution < 1.29 is 9.53 Å². The molecule has 29 heavy (non-hydrogen) atoms. The second kappa shape index (κ2) is 10.1. The molecule has 0 fully saturated rings. The highest BCUT2D eigenvalue weighted by Crippen LogP contribution is 2.27. The minimum Gasteiger partial charge on any atom is -0.485 e. The lowest BCUT2D eigenvalue weighted by Crippen LogP contribution is -2.31. The van der Waals surface area contributed by atoms with Gasteiger partial charge in [0.2, 0.25) is 5.91 Å². The van der Waals surface area contributed by atoms with E-state index in [1.807, 2.05) is 79.9 Å². The number of ether oxygens (including phenoxy) is 1. The molecule has 0 saturated carbocycles. The molecule has 0 aliphatic carbocycles. The van der Waals surface area contributed by atoms with Crippen molar-refractivity contribution in [2.24, 2.45) is 0 Å². The topological polar surface area (TPSA) is 69.0 Å². The Kier molecular flexibility index (Phi) is 7.30. The molecule has 0 saturated heterocycles. The van der Waals surface area contributed by atoms with Gasteiger partial charge < -0.3 is 10.1 Å². The maximum Gasteiger partial charge on any atom is 0.233 e. The molecule has 0 aliphatic rings. The molecular weight excluding hydrogens is 384 g/mol. The Bertz CT molecular complexity index is 943. The van der Waals surface area contributed by atoms with Crippen LogP contribution in [0.25, 0.3) is 5.69 Å². The third kappa shape index (κ3) is 5.38. The first kappa shape index (κ1) is 20.9. The van der Waals surface area contributed by atoms with Gasteiger partial charge in [-0.25, -0.2) is 0 Å². The van der Waals surface area contributed by atoms with E-state index in [2.05, 4.69) is 15.5 Å². The Morgan fingerprint density at radius 3 is 2.59 bits per heavy atom. The quantitative estimate of drug-likeness (QED) is 0.537. The van der Waals surface area contributed by atoms with Gasteiger partial charge in [0.25, 0.3) is 0 Å². The van der Waals surface area contributed by atoms with E-state index in [0.29, 0.717) is 17.5 Å². The molecule has 0 aliphatic heterocycles. The fourth-order valence-corrected chi connectivity index (χ4v) is 3.68. The van der Waals surface area contributed by atoms with E-state index < -0.39 is 0 Å². The van der Waals surface area contributed by atoms with Crippen molar-refractivity contribution >= 4 is 17.7 Å². The van der Waals surface area contributed by atoms with Gasteiger partial charge in [0.1, 0.15) is 12.4 Å². The highest BCUT2D eigenvalue weighted by atomic mass is 32.2. The molecule has 1 amide bonds. The maximum absolute atomic E-state index is 12.3. The molecule has 1 unspecified atom stereocenters. The van der Waals surface area contributed by atoms with Crippen molar-refractivity contribution in [1.82, 2.24) is 20.1 Å². The number of hydrogen-bond donors (Lipinski definition) is 1. The van der Waals surface area contributed by atoms with Crippen molar-refractivity contribution in [2.75, 3.05) is 6.54 Å². The average molecular weight is 411 g/mol. The van der Waals surface area contributed by atoms with Gasteiger partial charge >= 0.3 is 0 Å². The van der Waals surface area contributed by atoms with Crippen molar-refractivity contribution in [3.05, 3.63) is 66.0 Å². The molecular formula is C22H26N4O2S. The first-order valence-corrected chi connectivity index (χ1v) is 10.6. The number of benzene rings is 2. The summed E-state index contributed by atoms with van der Waals surface area (Å²) in [7, 11) is 0. The molecule has 1 aromatic heterocycles. The minimum atomic E-state index is -0.279. The lowest BCUT2D eigenvalue weighted by atomic mass is 10.2. The van der Waals surface area contributed by atoms with Crippen LogP contribution in [0.15, 0.2) is 59.8 Å². The predicted molar refractivity (Wildman–Crippen MR) is 115 cm³/mol. The van der Waals surface area contributed by atoms with Crippen LogP contribution in [0.3, 0.4) is 0 Å². The number of para-hydroxylation sites is 2. The summed E-state index contributed by atoms with van der Waals surface area (Å²) in [5.74, 6) is 1.50. The highest BCUT2D eigenvalue weighted by molar-refractivity contribution is 8.00. The molecule has 0 radical (unpaired) electrons. The number of thioether (sulfide) groups is 1. The van der Waals surface area contributed by atoms with Crippen LogP contribution in [-0.2, 0) is 11.4 Å². The number of amides is 1. The Labute approximate surface area is 175 Å². The van der Waals surface area contributed by atoms with E-state index >= 15 is 0 Å². The van der Waals surface area contributed by atoms with Gasteiger partial charge in [0.05, 0.1) is 5.25 Å². The van der Waals surface area contributed by atoms with Gasteiger partial charge in [-0.3, -0.25) is 9.36 Å². The lowest BCUT2D eigenvalue weighted by molar-refractivity contribution is -0.120. The largest absolute Gasteiger partial charge is 0.485 e. The molecule has 7 heteroatoms. The van der Waals surface area contributed by atoms with E-state index in [1.165, 1.54) is 11.8 Å². The zero-order valence-corrected chi connectivity index (χ0v) is 17.8. The van der Waals surface area contributed by atoms with Crippen LogP contribution in [0.5, 0.6) is 5.75 Å². The van der Waals surface area contributed by atoms with Crippen LogP contribution in [0, 0.1) is 6.92 Å². The summed E-state index contributed by atoms with van der Waals surface area (Å²) in [5.41, 5.74) is 2.00. The van der Waals surface area contributed by atoms with E-state index in [-0.39, 0.29) is 17.8 Å². The SMILES string of the molecule is CCCNC(=O)C(C)Sc1nnc(COc2ccccc2C)n1-c1ccccc1. The molecule has 1 heterocycles. The number of carbonyl (C=O) groups excluding carboxylic acids is 1. The molecule has 1 N–H and O–H groups in total. The van der Waals surface area contributed by atoms with Gasteiger partial charge in [-0.15, -0.1) is 10.2 Å². The monoisotopic (exact) mass is 410 g/mol. The normalized spacial score (nSPS) is 11.8. The molecule has 152 valence electrons. The zero-order valence-electron chi connectivity index (χ0n) is 17.0. The van der Waals surface area contributed by atoms with Gasteiger partial charge in [-0.1, -0.05) is 55.1 Å². The summed E-state index contributed by atoms with van der Waals surface area (Å²) >= 11 is 1.39. The van der Waals surface area contributed by atoms with Crippen molar-refractivity contribution in [3.63, 3.8) is 0 Å². The Morgan fingerprint density at radius 1 is 1.14 bits per heavy atom. The van der Waals surface area contributed by atoms with Crippen LogP contribution in [0.2, 0.25) is 0 Å². The van der Waals surface area contributed by atoms with Crippen LogP contribution < -0.4 is 10.1 Å². The molecule has 1 atom stereocenters. The molecule has 3 aromatic rings. The minimum absolute atomic E-state index is 0.00262. The number of nitrogens with zero attached hydrogens (tertiary/aromatic N) is 3. The number of aromatic nitrogens is 3. The summed E-state index contributed by atoms with van der Waals surface area (Å²) in [5, 5.41) is 12.0. The number of nitrogens with one attached hydrogen (secondary N) is 1. The standard InChI is InChI=1S/C22H26N4O2S/c1-4-14-23-21(27)17(3)29-22-25-24-20(26(22)18-11-6-5-7-12-18)15-28-19-13-9-8-10-16(19)2/h5-13,17H,4,14-15H2,1-3H3,(H,23,27). The van der Waals surface area contributed by atoms with Crippen LogP contribution >= 0.6 is 11.8 Å². The second-order valence-corrected chi connectivity index (χ2v) is 7.98. The lowest BCUT2D eigenvalue weighted by Gasteiger charge is -2.14. The smallest absolute Gasteiger partial charge is 0.233 e. The highest BCUT2D eigenvalue weighted by Gasteiger charge is 2.21. The fourth-order valence-electron chi connectivity index (χ4n) is 2.77. The molecule has 0 bridgehead atoms. The molecule has 2 aromatic carbocycles. The number of carbonyl (C=O) groups is 1. The Morgan fingerprint density at radius 2 is 1.86 bits per heavy atom. The first-order valence-electron chi connectivity index (χ1n) is 9.72. The third-order valence-corrected chi connectivity index (χ3v) is 5.41. The Balaban J connectivity index is 1.84. The van der Waals surface area contributed by atoms with Crippen molar-refractivity contribution in [3.8, 4) is 11.4 Å². The zero-order chi connectivity index (χ0) is 20.6. The molecule has 0 spiro atoms. The van der Waals surface area contributed by atoms with Crippen LogP contribution in [-0.4, -0.2) is 32.5 Å². The summed E-state index contributed by atoms with van der Waals surface area (Å²) < 4.78 is 7.94. The number of rotatable bonds is 9. The van der Waals surface area contributed by atoms with Gasteiger partial charge in [-0.05, 0) is 44.0 Å². The first-order chi connectivity index (χ1) is 14.1. The van der Waals surface area contributed by atoms with Crippen molar-refractivity contribution in [2.45, 2.75) is 44.2 Å². The second-order valence-electron chi connectivity index (χ2n) is 6.68. The molecule has 6 nitrogen and oxygen atoms in total. The maximum atomic E-state index is 12.3. The van der Waals surface area contributed by atoms with E-state index in [4.69, 9.17) is 4.74 Å². The average Bonchev–Trinajstić information content (AvgIpc) is 3.14. The third-order valence-electron chi connectivity index (χ3n) is 4.37. The summed E-state index contributed by atoms with van der Waals surface area (Å²) in [6.07, 6.45) is 0.906. The molecule has 3 rings (SSSR count). The van der Waals surface area contributed by atoms with Crippen LogP contribution in [0.4, 0.5) is 0 Å². The fraction of sp³-hybridized carbons (Fsp3) is 0.318. The van der Waals surface area contributed by atoms with E-state index in [9.17, 15) is 4.79 Å². The number of hydrogen-bond acceptors (Lipinski definition) is 5. The van der Waals surface area contributed by atoms with E-state index in [1.54, 1.807) is 0 Å².